The number of aromatic nitrogens is 4. The summed E-state index contributed by atoms with van der Waals surface area (Å²) in [5.41, 5.74) is 1.75. The maximum atomic E-state index is 14.5. The Kier molecular flexibility index (Phi) is 4.55. The fourth-order valence-electron chi connectivity index (χ4n) is 3.67. The molecule has 0 saturated carbocycles. The third kappa shape index (κ3) is 3.40. The van der Waals surface area contributed by atoms with Gasteiger partial charge in [0.2, 0.25) is 0 Å². The lowest BCUT2D eigenvalue weighted by atomic mass is 10.1. The summed E-state index contributed by atoms with van der Waals surface area (Å²) in [7, 11) is 0. The zero-order valence-electron chi connectivity index (χ0n) is 15.6. The lowest BCUT2D eigenvalue weighted by molar-refractivity contribution is 0.0980. The molecular weight excluding hydrogens is 376 g/mol. The predicted octanol–water partition coefficient (Wildman–Crippen LogP) is 3.55. The minimum atomic E-state index is -1.12. The Hall–Kier alpha value is -3.13. The highest BCUT2D eigenvalue weighted by atomic mass is 19.1. The molecule has 5 rings (SSSR count). The molecule has 1 aliphatic heterocycles. The smallest absolute Gasteiger partial charge is 0.187 e. The van der Waals surface area contributed by atoms with E-state index in [0.29, 0.717) is 54.0 Å². The van der Waals surface area contributed by atoms with E-state index in [-0.39, 0.29) is 5.75 Å². The highest BCUT2D eigenvalue weighted by molar-refractivity contribution is 5.86. The van der Waals surface area contributed by atoms with E-state index in [1.165, 1.54) is 12.1 Å². The Balaban J connectivity index is 1.59. The van der Waals surface area contributed by atoms with E-state index in [1.54, 1.807) is 12.1 Å². The molecule has 4 aromatic rings. The summed E-state index contributed by atoms with van der Waals surface area (Å²) in [5, 5.41) is 12.1. The fraction of sp³-hybridized carbons (Fsp3) is 0.286. The van der Waals surface area contributed by atoms with Crippen LogP contribution in [0.2, 0.25) is 0 Å². The second-order valence-electron chi connectivity index (χ2n) is 7.12. The van der Waals surface area contributed by atoms with Crippen molar-refractivity contribution in [2.45, 2.75) is 25.1 Å². The highest BCUT2D eigenvalue weighted by Crippen LogP contribution is 2.30. The van der Waals surface area contributed by atoms with Crippen LogP contribution in [0.25, 0.3) is 28.1 Å². The van der Waals surface area contributed by atoms with Crippen LogP contribution in [-0.4, -0.2) is 44.9 Å². The average molecular weight is 395 g/mol. The molecule has 1 fully saturated rings. The van der Waals surface area contributed by atoms with Crippen molar-refractivity contribution in [3.05, 3.63) is 54.5 Å². The number of nitrogens with one attached hydrogen (secondary N) is 1. The summed E-state index contributed by atoms with van der Waals surface area (Å²) in [6.45, 7) is 1.26. The molecule has 0 unspecified atom stereocenters. The topological polar surface area (TPSA) is 64.3 Å². The Labute approximate surface area is 165 Å². The monoisotopic (exact) mass is 395 g/mol. The Morgan fingerprint density at radius 3 is 2.90 bits per heavy atom. The van der Waals surface area contributed by atoms with Gasteiger partial charge < -0.3 is 10.1 Å². The van der Waals surface area contributed by atoms with Gasteiger partial charge in [-0.25, -0.2) is 13.8 Å². The van der Waals surface area contributed by atoms with Gasteiger partial charge >= 0.3 is 0 Å². The van der Waals surface area contributed by atoms with Gasteiger partial charge in [-0.05, 0) is 50.2 Å². The van der Waals surface area contributed by atoms with E-state index >= 15 is 0 Å². The number of rotatable bonds is 3. The quantitative estimate of drug-likeness (QED) is 0.575. The zero-order valence-corrected chi connectivity index (χ0v) is 15.6. The van der Waals surface area contributed by atoms with E-state index in [1.807, 2.05) is 28.8 Å². The fourth-order valence-corrected chi connectivity index (χ4v) is 3.67. The third-order valence-electron chi connectivity index (χ3n) is 5.15. The van der Waals surface area contributed by atoms with Crippen molar-refractivity contribution >= 4 is 16.6 Å². The van der Waals surface area contributed by atoms with Crippen molar-refractivity contribution in [2.75, 3.05) is 13.1 Å². The number of halogens is 2. The van der Waals surface area contributed by atoms with Crippen LogP contribution in [0.1, 0.15) is 12.8 Å². The molecule has 4 heterocycles. The largest absolute Gasteiger partial charge is 0.485 e. The van der Waals surface area contributed by atoms with Crippen LogP contribution in [-0.2, 0) is 0 Å². The van der Waals surface area contributed by atoms with Gasteiger partial charge in [0.1, 0.15) is 35.1 Å². The molecule has 1 aliphatic rings. The van der Waals surface area contributed by atoms with Crippen molar-refractivity contribution in [3.63, 3.8) is 0 Å². The summed E-state index contributed by atoms with van der Waals surface area (Å²) in [4.78, 5) is 4.67. The van der Waals surface area contributed by atoms with E-state index in [4.69, 9.17) is 4.74 Å². The number of benzene rings is 1. The van der Waals surface area contributed by atoms with Gasteiger partial charge in [-0.15, -0.1) is 10.2 Å². The number of hydrogen-bond donors (Lipinski definition) is 1. The minimum absolute atomic E-state index is 0.241. The van der Waals surface area contributed by atoms with Crippen molar-refractivity contribution in [3.8, 4) is 17.3 Å². The first kappa shape index (κ1) is 17.9. The van der Waals surface area contributed by atoms with E-state index < -0.39 is 18.1 Å². The van der Waals surface area contributed by atoms with Crippen LogP contribution in [0.15, 0.2) is 48.7 Å². The molecule has 0 radical (unpaired) electrons. The molecule has 1 aromatic carbocycles. The highest BCUT2D eigenvalue weighted by Gasteiger charge is 2.26. The van der Waals surface area contributed by atoms with Crippen LogP contribution in [0.3, 0.4) is 0 Å². The molecule has 0 bridgehead atoms. The summed E-state index contributed by atoms with van der Waals surface area (Å²) >= 11 is 0. The summed E-state index contributed by atoms with van der Waals surface area (Å²) in [6.07, 6.45) is 0.960. The molecule has 148 valence electrons. The van der Waals surface area contributed by atoms with Crippen LogP contribution in [0, 0.1) is 5.82 Å². The van der Waals surface area contributed by atoms with Crippen LogP contribution in [0.4, 0.5) is 8.78 Å². The molecule has 0 spiro atoms. The molecule has 0 aliphatic carbocycles. The molecule has 3 aromatic heterocycles. The van der Waals surface area contributed by atoms with Gasteiger partial charge in [-0.1, -0.05) is 12.1 Å². The number of fused-ring (bicyclic) bond motifs is 2. The first-order chi connectivity index (χ1) is 14.2. The van der Waals surface area contributed by atoms with E-state index in [2.05, 4.69) is 20.5 Å². The molecule has 2 atom stereocenters. The van der Waals surface area contributed by atoms with Crippen molar-refractivity contribution < 1.29 is 13.5 Å². The van der Waals surface area contributed by atoms with Gasteiger partial charge in [0.15, 0.2) is 11.5 Å². The molecule has 0 amide bonds. The Morgan fingerprint density at radius 1 is 1.07 bits per heavy atom. The van der Waals surface area contributed by atoms with Crippen molar-refractivity contribution in [1.29, 1.82) is 0 Å². The van der Waals surface area contributed by atoms with Gasteiger partial charge in [0, 0.05) is 17.6 Å². The number of ether oxygens (including phenoxy) is 1. The van der Waals surface area contributed by atoms with Crippen LogP contribution >= 0.6 is 0 Å². The molecule has 6 nitrogen and oxygen atoms in total. The zero-order chi connectivity index (χ0) is 19.8. The van der Waals surface area contributed by atoms with Gasteiger partial charge in [0.25, 0.3) is 0 Å². The number of pyridine rings is 2. The lowest BCUT2D eigenvalue weighted by Crippen LogP contribution is -2.28. The standard InChI is InChI=1S/C21H19F2N5O/c22-14-11-13-4-5-16(21-27-26-19-3-1-2-10-28(19)21)25-20(13)18(12-14)29-17-7-9-24-8-6-15(17)23/h1-5,10-12,15,17,24H,6-9H2/t15-,17+/m1/s1. The number of alkyl halides is 1. The first-order valence-corrected chi connectivity index (χ1v) is 9.61. The molecule has 29 heavy (non-hydrogen) atoms. The second-order valence-corrected chi connectivity index (χ2v) is 7.12. The third-order valence-corrected chi connectivity index (χ3v) is 5.15. The minimum Gasteiger partial charge on any atom is -0.485 e. The van der Waals surface area contributed by atoms with Gasteiger partial charge in [-0.3, -0.25) is 4.40 Å². The second kappa shape index (κ2) is 7.36. The summed E-state index contributed by atoms with van der Waals surface area (Å²) < 4.78 is 36.4. The van der Waals surface area contributed by atoms with E-state index in [9.17, 15) is 8.78 Å². The molecular formula is C21H19F2N5O. The van der Waals surface area contributed by atoms with Gasteiger partial charge in [0.05, 0.1) is 0 Å². The maximum absolute atomic E-state index is 14.5. The van der Waals surface area contributed by atoms with Crippen LogP contribution in [0.5, 0.6) is 5.75 Å². The number of hydrogen-bond acceptors (Lipinski definition) is 5. The summed E-state index contributed by atoms with van der Waals surface area (Å²) in [6, 6.07) is 11.8. The molecule has 8 heteroatoms. The summed E-state index contributed by atoms with van der Waals surface area (Å²) in [5.74, 6) is 0.363. The van der Waals surface area contributed by atoms with Crippen LogP contribution < -0.4 is 10.1 Å². The average Bonchev–Trinajstić information content (AvgIpc) is 3.06. The normalized spacial score (nSPS) is 20.1. The molecule has 1 N–H and O–H groups in total. The SMILES string of the molecule is Fc1cc(O[C@H]2CCNCC[C@H]2F)c2nc(-c3nnc4ccccn34)ccc2c1. The Bertz CT molecular complexity index is 1180. The van der Waals surface area contributed by atoms with Crippen molar-refractivity contribution in [1.82, 2.24) is 24.9 Å². The lowest BCUT2D eigenvalue weighted by Gasteiger charge is -2.21. The number of nitrogens with zero attached hydrogens (tertiary/aromatic N) is 4. The maximum Gasteiger partial charge on any atom is 0.187 e. The predicted molar refractivity (Wildman–Crippen MR) is 105 cm³/mol. The first-order valence-electron chi connectivity index (χ1n) is 9.61. The van der Waals surface area contributed by atoms with E-state index in [0.717, 1.165) is 0 Å². The van der Waals surface area contributed by atoms with Crippen molar-refractivity contribution in [2.24, 2.45) is 0 Å². The van der Waals surface area contributed by atoms with Gasteiger partial charge in [-0.2, -0.15) is 0 Å². The Morgan fingerprint density at radius 2 is 1.97 bits per heavy atom. The molecule has 1 saturated heterocycles.